The molecule has 0 bridgehead atoms. The molecule has 0 radical (unpaired) electrons. The molecule has 0 aromatic carbocycles. The lowest BCUT2D eigenvalue weighted by Crippen LogP contribution is -2.09. The van der Waals surface area contributed by atoms with E-state index in [9.17, 15) is 9.59 Å². The molecule has 0 fully saturated rings. The molecule has 0 amide bonds. The first kappa shape index (κ1) is 8.63. The second kappa shape index (κ2) is 3.62. The van der Waals surface area contributed by atoms with Crippen LogP contribution in [0.4, 0.5) is 0 Å². The summed E-state index contributed by atoms with van der Waals surface area (Å²) in [5.74, 6) is -0.192. The van der Waals surface area contributed by atoms with Gasteiger partial charge in [-0.05, 0) is 11.6 Å². The molecule has 2 nitrogen and oxygen atoms in total. The molecule has 0 heterocycles. The smallest absolute Gasteiger partial charge is 0.229 e. The van der Waals surface area contributed by atoms with E-state index in [0.717, 1.165) is 0 Å². The van der Waals surface area contributed by atoms with Gasteiger partial charge in [-0.3, -0.25) is 9.59 Å². The van der Waals surface area contributed by atoms with Crippen molar-refractivity contribution in [2.24, 2.45) is 5.92 Å². The molecule has 0 aromatic rings. The lowest BCUT2D eigenvalue weighted by atomic mass is 10.1. The number of rotatable bonds is 3. The molecule has 9 heavy (non-hydrogen) atoms. The maximum Gasteiger partial charge on any atom is 0.229 e. The average molecular weight is 149 g/mol. The largest absolute Gasteiger partial charge is 0.299 e. The molecule has 0 rings (SSSR count). The van der Waals surface area contributed by atoms with Gasteiger partial charge in [0.25, 0.3) is 0 Å². The highest BCUT2D eigenvalue weighted by Gasteiger charge is 2.09. The molecule has 3 heteroatoms. The van der Waals surface area contributed by atoms with Gasteiger partial charge in [0.05, 0.1) is 6.42 Å². The first-order valence-electron chi connectivity index (χ1n) is 2.75. The zero-order valence-corrected chi connectivity index (χ0v) is 6.23. The molecule has 0 saturated heterocycles. The number of ketones is 1. The Balaban J connectivity index is 3.64. The molecule has 0 aromatic heterocycles. The average Bonchev–Trinajstić information content (AvgIpc) is 1.63. The van der Waals surface area contributed by atoms with E-state index in [1.54, 1.807) is 13.8 Å². The standard InChI is InChI=1S/C6H9ClO2/c1-4(2)5(8)3-6(7)9/h4H,3H2,1-2H3. The zero-order chi connectivity index (χ0) is 7.44. The lowest BCUT2D eigenvalue weighted by molar-refractivity contribution is -0.125. The van der Waals surface area contributed by atoms with Crippen LogP contribution >= 0.6 is 11.6 Å². The maximum absolute atomic E-state index is 10.6. The minimum atomic E-state index is -0.575. The summed E-state index contributed by atoms with van der Waals surface area (Å²) in [6, 6.07) is 0. The van der Waals surface area contributed by atoms with Gasteiger partial charge >= 0.3 is 0 Å². The van der Waals surface area contributed by atoms with Gasteiger partial charge in [0.1, 0.15) is 5.78 Å². The predicted molar refractivity (Wildman–Crippen MR) is 35.3 cm³/mol. The van der Waals surface area contributed by atoms with Crippen molar-refractivity contribution in [1.82, 2.24) is 0 Å². The van der Waals surface area contributed by atoms with Crippen LogP contribution in [-0.4, -0.2) is 11.0 Å². The summed E-state index contributed by atoms with van der Waals surface area (Å²) in [4.78, 5) is 20.8. The lowest BCUT2D eigenvalue weighted by Gasteiger charge is -1.97. The van der Waals surface area contributed by atoms with Crippen molar-refractivity contribution < 1.29 is 9.59 Å². The number of carbonyl (C=O) groups is 2. The number of hydrogen-bond acceptors (Lipinski definition) is 2. The van der Waals surface area contributed by atoms with Crippen LogP contribution in [0.5, 0.6) is 0 Å². The maximum atomic E-state index is 10.6. The molecule has 0 aliphatic heterocycles. The van der Waals surface area contributed by atoms with Crippen LogP contribution in [0.3, 0.4) is 0 Å². The normalized spacial score (nSPS) is 9.78. The van der Waals surface area contributed by atoms with Gasteiger partial charge in [-0.2, -0.15) is 0 Å². The summed E-state index contributed by atoms with van der Waals surface area (Å²) in [7, 11) is 0. The van der Waals surface area contributed by atoms with Crippen LogP contribution < -0.4 is 0 Å². The fourth-order valence-electron chi connectivity index (χ4n) is 0.341. The molecule has 0 N–H and O–H groups in total. The Hall–Kier alpha value is -0.370. The molecule has 52 valence electrons. The summed E-state index contributed by atoms with van der Waals surface area (Å²) in [5, 5.41) is -0.575. The highest BCUT2D eigenvalue weighted by Crippen LogP contribution is 2.00. The van der Waals surface area contributed by atoms with Crippen LogP contribution in [0.1, 0.15) is 20.3 Å². The second-order valence-electron chi connectivity index (χ2n) is 2.15. The third-order valence-corrected chi connectivity index (χ3v) is 1.09. The van der Waals surface area contributed by atoms with Crippen molar-refractivity contribution in [3.05, 3.63) is 0 Å². The first-order valence-corrected chi connectivity index (χ1v) is 3.13. The van der Waals surface area contributed by atoms with Crippen molar-refractivity contribution in [3.8, 4) is 0 Å². The summed E-state index contributed by atoms with van der Waals surface area (Å²) >= 11 is 4.96. The molecule has 0 unspecified atom stereocenters. The van der Waals surface area contributed by atoms with Gasteiger partial charge < -0.3 is 0 Å². The Bertz CT molecular complexity index is 129. The number of halogens is 1. The van der Waals surface area contributed by atoms with Gasteiger partial charge in [0.15, 0.2) is 0 Å². The Morgan fingerprint density at radius 2 is 1.89 bits per heavy atom. The van der Waals surface area contributed by atoms with Crippen LogP contribution in [0.2, 0.25) is 0 Å². The van der Waals surface area contributed by atoms with E-state index < -0.39 is 5.24 Å². The van der Waals surface area contributed by atoms with Gasteiger partial charge in [-0.15, -0.1) is 0 Å². The number of Topliss-reactive ketones (excluding diaryl/α,β-unsaturated/α-hetero) is 1. The fourth-order valence-corrected chi connectivity index (χ4v) is 0.473. The monoisotopic (exact) mass is 148 g/mol. The van der Waals surface area contributed by atoms with E-state index in [1.165, 1.54) is 0 Å². The molecule has 0 atom stereocenters. The Morgan fingerprint density at radius 1 is 1.44 bits per heavy atom. The van der Waals surface area contributed by atoms with Gasteiger partial charge in [-0.1, -0.05) is 13.8 Å². The van der Waals surface area contributed by atoms with Gasteiger partial charge in [0, 0.05) is 5.92 Å². The van der Waals surface area contributed by atoms with Gasteiger partial charge in [-0.25, -0.2) is 0 Å². The topological polar surface area (TPSA) is 34.1 Å². The number of hydrogen-bond donors (Lipinski definition) is 0. The summed E-state index contributed by atoms with van der Waals surface area (Å²) in [5.41, 5.74) is 0. The van der Waals surface area contributed by atoms with E-state index in [0.29, 0.717) is 0 Å². The van der Waals surface area contributed by atoms with Gasteiger partial charge in [0.2, 0.25) is 5.24 Å². The predicted octanol–water partition coefficient (Wildman–Crippen LogP) is 1.37. The van der Waals surface area contributed by atoms with Crippen LogP contribution in [-0.2, 0) is 9.59 Å². The first-order chi connectivity index (χ1) is 4.04. The minimum Gasteiger partial charge on any atom is -0.299 e. The SMILES string of the molecule is CC(C)C(=O)CC(=O)Cl. The van der Waals surface area contributed by atoms with E-state index in [4.69, 9.17) is 11.6 Å². The third kappa shape index (κ3) is 4.15. The third-order valence-electron chi connectivity index (χ3n) is 0.957. The summed E-state index contributed by atoms with van der Waals surface area (Å²) < 4.78 is 0. The summed E-state index contributed by atoms with van der Waals surface area (Å²) in [6.07, 6.45) is -0.140. The molecule has 0 aliphatic carbocycles. The zero-order valence-electron chi connectivity index (χ0n) is 5.48. The van der Waals surface area contributed by atoms with Crippen LogP contribution in [0, 0.1) is 5.92 Å². The molecule has 0 spiro atoms. The van der Waals surface area contributed by atoms with Crippen molar-refractivity contribution >= 4 is 22.6 Å². The minimum absolute atomic E-state index is 0.0901. The highest BCUT2D eigenvalue weighted by molar-refractivity contribution is 6.64. The Morgan fingerprint density at radius 3 is 2.00 bits per heavy atom. The van der Waals surface area contributed by atoms with Crippen molar-refractivity contribution in [2.75, 3.05) is 0 Å². The molecular weight excluding hydrogens is 140 g/mol. The highest BCUT2D eigenvalue weighted by atomic mass is 35.5. The summed E-state index contributed by atoms with van der Waals surface area (Å²) in [6.45, 7) is 3.48. The fraction of sp³-hybridized carbons (Fsp3) is 0.667. The Labute approximate surface area is 59.2 Å². The van der Waals surface area contributed by atoms with Crippen molar-refractivity contribution in [2.45, 2.75) is 20.3 Å². The van der Waals surface area contributed by atoms with E-state index in [1.807, 2.05) is 0 Å². The van der Waals surface area contributed by atoms with Crippen LogP contribution in [0.15, 0.2) is 0 Å². The van der Waals surface area contributed by atoms with E-state index in [-0.39, 0.29) is 18.1 Å². The van der Waals surface area contributed by atoms with Crippen molar-refractivity contribution in [3.63, 3.8) is 0 Å². The Kier molecular flexibility index (Phi) is 3.47. The van der Waals surface area contributed by atoms with Crippen LogP contribution in [0.25, 0.3) is 0 Å². The molecular formula is C6H9ClO2. The van der Waals surface area contributed by atoms with E-state index >= 15 is 0 Å². The van der Waals surface area contributed by atoms with Crippen molar-refractivity contribution in [1.29, 1.82) is 0 Å². The number of carbonyl (C=O) groups excluding carboxylic acids is 2. The second-order valence-corrected chi connectivity index (χ2v) is 2.57. The molecule has 0 aliphatic rings. The quantitative estimate of drug-likeness (QED) is 0.448. The molecule has 0 saturated carbocycles. The van der Waals surface area contributed by atoms with E-state index in [2.05, 4.69) is 0 Å².